The Morgan fingerprint density at radius 2 is 1.95 bits per heavy atom. The van der Waals surface area contributed by atoms with Crippen LogP contribution < -0.4 is 5.32 Å². The Morgan fingerprint density at radius 1 is 1.33 bits per heavy atom. The number of nitrogens with one attached hydrogen (secondary N) is 1. The van der Waals surface area contributed by atoms with Gasteiger partial charge in [0.15, 0.2) is 0 Å². The number of carbonyl (C=O) groups is 1. The van der Waals surface area contributed by atoms with E-state index in [2.05, 4.69) is 11.9 Å². The van der Waals surface area contributed by atoms with Crippen molar-refractivity contribution in [2.75, 3.05) is 5.32 Å². The van der Waals surface area contributed by atoms with Crippen LogP contribution in [-0.2, 0) is 0 Å². The van der Waals surface area contributed by atoms with Crippen LogP contribution in [0.15, 0.2) is 60.3 Å². The van der Waals surface area contributed by atoms with Crippen molar-refractivity contribution in [3.8, 4) is 0 Å². The second-order valence-electron chi connectivity index (χ2n) is 4.02. The Bertz CT molecular complexity index is 601. The molecule has 112 valence electrons. The molecule has 1 rings (SSSR count). The van der Waals surface area contributed by atoms with Crippen LogP contribution in [0.25, 0.3) is 0 Å². The Hall–Kier alpha value is -2.50. The number of hydrogen-bond donors (Lipinski definition) is 2. The average Bonchev–Trinajstić information content (AvgIpc) is 2.42. The third-order valence-electron chi connectivity index (χ3n) is 2.61. The first kappa shape index (κ1) is 16.6. The number of halogens is 3. The number of alkyl halides is 3. The maximum absolute atomic E-state index is 12.7. The van der Waals surface area contributed by atoms with Gasteiger partial charge >= 0.3 is 12.1 Å². The molecule has 2 N–H and O–H groups in total. The van der Waals surface area contributed by atoms with Crippen molar-refractivity contribution in [3.63, 3.8) is 0 Å². The molecule has 0 bridgehead atoms. The summed E-state index contributed by atoms with van der Waals surface area (Å²) >= 11 is 0. The topological polar surface area (TPSA) is 49.3 Å². The molecule has 0 saturated heterocycles. The van der Waals surface area contributed by atoms with E-state index in [9.17, 15) is 18.0 Å². The summed E-state index contributed by atoms with van der Waals surface area (Å²) in [6.07, 6.45) is -1.54. The minimum absolute atomic E-state index is 0.0302. The quantitative estimate of drug-likeness (QED) is 0.793. The summed E-state index contributed by atoms with van der Waals surface area (Å²) in [7, 11) is 0. The van der Waals surface area contributed by atoms with E-state index in [0.29, 0.717) is 6.08 Å². The number of aromatic carboxylic acids is 1. The Morgan fingerprint density at radius 3 is 2.43 bits per heavy atom. The maximum Gasteiger partial charge on any atom is 0.416 e. The zero-order valence-corrected chi connectivity index (χ0v) is 11.2. The van der Waals surface area contributed by atoms with E-state index >= 15 is 0 Å². The predicted octanol–water partition coefficient (Wildman–Crippen LogP) is 4.38. The number of anilines is 1. The zero-order valence-electron chi connectivity index (χ0n) is 11.2. The molecule has 0 aliphatic carbocycles. The fraction of sp³-hybridized carbons (Fsp3) is 0.133. The first-order valence-corrected chi connectivity index (χ1v) is 5.96. The number of benzene rings is 1. The molecule has 0 heterocycles. The van der Waals surface area contributed by atoms with Gasteiger partial charge in [-0.15, -0.1) is 0 Å². The number of para-hydroxylation sites is 1. The van der Waals surface area contributed by atoms with Crippen LogP contribution in [0.2, 0.25) is 0 Å². The van der Waals surface area contributed by atoms with Crippen molar-refractivity contribution < 1.29 is 23.1 Å². The van der Waals surface area contributed by atoms with E-state index < -0.39 is 17.7 Å². The molecule has 0 saturated carbocycles. The minimum Gasteiger partial charge on any atom is -0.478 e. The second-order valence-corrected chi connectivity index (χ2v) is 4.02. The first-order chi connectivity index (χ1) is 9.79. The van der Waals surface area contributed by atoms with Crippen LogP contribution in [0, 0.1) is 0 Å². The highest BCUT2D eigenvalue weighted by atomic mass is 19.4. The van der Waals surface area contributed by atoms with E-state index in [4.69, 9.17) is 5.11 Å². The zero-order chi connectivity index (χ0) is 16.0. The van der Waals surface area contributed by atoms with E-state index in [1.807, 2.05) is 0 Å². The smallest absolute Gasteiger partial charge is 0.416 e. The van der Waals surface area contributed by atoms with Crippen molar-refractivity contribution in [1.82, 2.24) is 0 Å². The number of rotatable bonds is 5. The largest absolute Gasteiger partial charge is 0.478 e. The van der Waals surface area contributed by atoms with Crippen molar-refractivity contribution in [3.05, 3.63) is 65.9 Å². The van der Waals surface area contributed by atoms with Gasteiger partial charge in [-0.3, -0.25) is 0 Å². The number of allylic oxidation sites excluding steroid dienone is 4. The van der Waals surface area contributed by atoms with Crippen molar-refractivity contribution in [1.29, 1.82) is 0 Å². The van der Waals surface area contributed by atoms with E-state index in [1.54, 1.807) is 13.0 Å². The van der Waals surface area contributed by atoms with Gasteiger partial charge in [0.1, 0.15) is 0 Å². The van der Waals surface area contributed by atoms with E-state index in [0.717, 1.165) is 6.08 Å². The van der Waals surface area contributed by atoms with Gasteiger partial charge in [0.05, 0.1) is 16.8 Å². The highest BCUT2D eigenvalue weighted by Gasteiger charge is 2.31. The lowest BCUT2D eigenvalue weighted by Crippen LogP contribution is -2.12. The van der Waals surface area contributed by atoms with Gasteiger partial charge in [-0.25, -0.2) is 4.79 Å². The maximum atomic E-state index is 12.7. The fourth-order valence-electron chi connectivity index (χ4n) is 1.55. The lowest BCUT2D eigenvalue weighted by atomic mass is 10.1. The van der Waals surface area contributed by atoms with Crippen LogP contribution >= 0.6 is 0 Å². The van der Waals surface area contributed by atoms with Gasteiger partial charge in [-0.05, 0) is 25.1 Å². The van der Waals surface area contributed by atoms with Gasteiger partial charge in [-0.1, -0.05) is 30.9 Å². The van der Waals surface area contributed by atoms with Crippen molar-refractivity contribution in [2.24, 2.45) is 0 Å². The fourth-order valence-corrected chi connectivity index (χ4v) is 1.55. The van der Waals surface area contributed by atoms with E-state index in [1.165, 1.54) is 24.3 Å². The molecule has 6 heteroatoms. The lowest BCUT2D eigenvalue weighted by Gasteiger charge is -2.12. The molecule has 0 unspecified atom stereocenters. The molecule has 0 aliphatic rings. The summed E-state index contributed by atoms with van der Waals surface area (Å²) in [5, 5.41) is 11.7. The standard InChI is InChI=1S/C15H14F3NO2/c1-3-10(15(16,17)18)9-11(4-2)19-13-8-6-5-7-12(13)14(20)21/h3-9,19H,1H2,2H3,(H,20,21)/b10-9+,11-4+. The highest BCUT2D eigenvalue weighted by Crippen LogP contribution is 2.28. The van der Waals surface area contributed by atoms with Gasteiger partial charge in [0.2, 0.25) is 0 Å². The molecule has 0 fully saturated rings. The van der Waals surface area contributed by atoms with Gasteiger partial charge < -0.3 is 10.4 Å². The molecule has 0 aromatic heterocycles. The Labute approximate surface area is 120 Å². The minimum atomic E-state index is -4.52. The van der Waals surface area contributed by atoms with Crippen LogP contribution in [0.3, 0.4) is 0 Å². The molecule has 0 amide bonds. The van der Waals surface area contributed by atoms with Crippen molar-refractivity contribution in [2.45, 2.75) is 13.1 Å². The van der Waals surface area contributed by atoms with Gasteiger partial charge in [0.25, 0.3) is 0 Å². The molecule has 0 aliphatic heterocycles. The summed E-state index contributed by atoms with van der Waals surface area (Å²) in [6, 6.07) is 5.95. The summed E-state index contributed by atoms with van der Waals surface area (Å²) < 4.78 is 38.0. The second kappa shape index (κ2) is 6.78. The van der Waals surface area contributed by atoms with Crippen LogP contribution in [-0.4, -0.2) is 17.3 Å². The summed E-state index contributed by atoms with van der Waals surface area (Å²) in [5.41, 5.74) is -0.621. The summed E-state index contributed by atoms with van der Waals surface area (Å²) in [4.78, 5) is 11.1. The van der Waals surface area contributed by atoms with E-state index in [-0.39, 0.29) is 16.9 Å². The SMILES string of the molecule is C=C/C(=C\C(=C/C)Nc1ccccc1C(=O)O)C(F)(F)F. The van der Waals surface area contributed by atoms with Gasteiger partial charge in [-0.2, -0.15) is 13.2 Å². The van der Waals surface area contributed by atoms with Gasteiger partial charge in [0, 0.05) is 5.70 Å². The molecule has 21 heavy (non-hydrogen) atoms. The summed E-state index contributed by atoms with van der Waals surface area (Å²) in [6.45, 7) is 4.67. The molecule has 0 spiro atoms. The lowest BCUT2D eigenvalue weighted by molar-refractivity contribution is -0.0881. The van der Waals surface area contributed by atoms with Crippen LogP contribution in [0.5, 0.6) is 0 Å². The number of carboxylic acid groups (broad SMARTS) is 1. The number of hydrogen-bond acceptors (Lipinski definition) is 2. The van der Waals surface area contributed by atoms with Crippen LogP contribution in [0.1, 0.15) is 17.3 Å². The molecule has 1 aromatic carbocycles. The molecule has 3 nitrogen and oxygen atoms in total. The predicted molar refractivity (Wildman–Crippen MR) is 75.1 cm³/mol. The van der Waals surface area contributed by atoms with Crippen LogP contribution in [0.4, 0.5) is 18.9 Å². The third-order valence-corrected chi connectivity index (χ3v) is 2.61. The Balaban J connectivity index is 3.13. The normalized spacial score (nSPS) is 13.0. The molecule has 0 radical (unpaired) electrons. The number of carboxylic acids is 1. The molecule has 0 atom stereocenters. The molecular weight excluding hydrogens is 283 g/mol. The summed E-state index contributed by atoms with van der Waals surface area (Å²) in [5.74, 6) is -1.17. The Kier molecular flexibility index (Phi) is 5.35. The first-order valence-electron chi connectivity index (χ1n) is 5.96. The average molecular weight is 297 g/mol. The highest BCUT2D eigenvalue weighted by molar-refractivity contribution is 5.94. The molecular formula is C15H14F3NO2. The molecule has 1 aromatic rings. The monoisotopic (exact) mass is 297 g/mol. The third kappa shape index (κ3) is 4.52. The van der Waals surface area contributed by atoms with Crippen molar-refractivity contribution >= 4 is 11.7 Å².